The minimum Gasteiger partial charge on any atom is -0.378 e. The van der Waals surface area contributed by atoms with Crippen LogP contribution in [0.5, 0.6) is 0 Å². The number of hydrogen-bond acceptors (Lipinski definition) is 7. The van der Waals surface area contributed by atoms with Crippen LogP contribution in [0.1, 0.15) is 27.5 Å². The summed E-state index contributed by atoms with van der Waals surface area (Å²) in [5.74, 6) is -2.12. The summed E-state index contributed by atoms with van der Waals surface area (Å²) in [6.45, 7) is 3.69. The normalized spacial score (nSPS) is 19.4. The molecule has 0 spiro atoms. The van der Waals surface area contributed by atoms with Crippen LogP contribution in [-0.4, -0.2) is 41.6 Å². The van der Waals surface area contributed by atoms with E-state index in [4.69, 9.17) is 0 Å². The highest BCUT2D eigenvalue weighted by molar-refractivity contribution is 8.00. The van der Waals surface area contributed by atoms with Crippen LogP contribution >= 0.6 is 23.1 Å². The Morgan fingerprint density at radius 2 is 1.62 bits per heavy atom. The Labute approximate surface area is 252 Å². The Hall–Kier alpha value is -4.15. The molecule has 42 heavy (non-hydrogen) atoms. The van der Waals surface area contributed by atoms with Crippen LogP contribution in [0.4, 0.5) is 17.1 Å². The Balaban J connectivity index is 1.41. The average Bonchev–Trinajstić information content (AvgIpc) is 3.40. The topological polar surface area (TPSA) is 91.7 Å². The van der Waals surface area contributed by atoms with Gasteiger partial charge in [0.05, 0.1) is 16.6 Å². The molecule has 1 saturated heterocycles. The molecule has 0 bridgehead atoms. The van der Waals surface area contributed by atoms with Crippen molar-refractivity contribution in [3.63, 3.8) is 0 Å². The van der Waals surface area contributed by atoms with Gasteiger partial charge in [-0.3, -0.25) is 23.7 Å². The van der Waals surface area contributed by atoms with E-state index in [9.17, 15) is 19.2 Å². The number of carbonyl (C=O) groups is 3. The molecule has 2 unspecified atom stereocenters. The molecule has 1 fully saturated rings. The minimum absolute atomic E-state index is 0.195. The lowest BCUT2D eigenvalue weighted by atomic mass is 9.83. The zero-order valence-corrected chi connectivity index (χ0v) is 25.3. The van der Waals surface area contributed by atoms with Gasteiger partial charge in [-0.15, -0.1) is 0 Å². The first-order valence-electron chi connectivity index (χ1n) is 13.6. The van der Waals surface area contributed by atoms with Crippen molar-refractivity contribution in [2.45, 2.75) is 36.6 Å². The van der Waals surface area contributed by atoms with E-state index in [0.29, 0.717) is 21.3 Å². The molecule has 2 aliphatic rings. The number of anilines is 3. The number of benzene rings is 3. The smallest absolute Gasteiger partial charge is 0.308 e. The van der Waals surface area contributed by atoms with Crippen molar-refractivity contribution in [1.82, 2.24) is 4.57 Å². The molecule has 0 aliphatic carbocycles. The number of thioether (sulfide) groups is 1. The van der Waals surface area contributed by atoms with E-state index < -0.39 is 17.1 Å². The highest BCUT2D eigenvalue weighted by atomic mass is 32.2. The van der Waals surface area contributed by atoms with Crippen molar-refractivity contribution in [2.24, 2.45) is 5.92 Å². The molecule has 214 valence electrons. The van der Waals surface area contributed by atoms with Crippen molar-refractivity contribution < 1.29 is 14.4 Å². The second-order valence-corrected chi connectivity index (χ2v) is 13.0. The van der Waals surface area contributed by atoms with Gasteiger partial charge in [-0.2, -0.15) is 0 Å². The molecule has 1 aromatic heterocycles. The van der Waals surface area contributed by atoms with Crippen LogP contribution in [0, 0.1) is 19.8 Å². The number of fused-ring (bicyclic) bond motifs is 2. The largest absolute Gasteiger partial charge is 0.378 e. The number of imide groups is 1. The predicted octanol–water partition coefficient (Wildman–Crippen LogP) is 5.03. The Bertz CT molecular complexity index is 1760. The summed E-state index contributed by atoms with van der Waals surface area (Å²) in [7, 11) is 3.90. The lowest BCUT2D eigenvalue weighted by Crippen LogP contribution is -2.33. The van der Waals surface area contributed by atoms with Crippen LogP contribution < -0.4 is 20.0 Å². The quantitative estimate of drug-likeness (QED) is 0.313. The van der Waals surface area contributed by atoms with Gasteiger partial charge in [-0.25, -0.2) is 4.90 Å². The number of nitrogens with one attached hydrogen (secondary N) is 1. The second kappa shape index (κ2) is 10.9. The minimum atomic E-state index is -0.732. The molecule has 3 aromatic carbocycles. The number of hydrogen-bond donors (Lipinski definition) is 1. The third-order valence-corrected chi connectivity index (χ3v) is 10.3. The molecule has 8 nitrogen and oxygen atoms in total. The summed E-state index contributed by atoms with van der Waals surface area (Å²) in [5.41, 5.74) is 5.06. The van der Waals surface area contributed by atoms with E-state index in [0.717, 1.165) is 33.7 Å². The highest BCUT2D eigenvalue weighted by Crippen LogP contribution is 2.54. The first-order chi connectivity index (χ1) is 20.1. The van der Waals surface area contributed by atoms with Gasteiger partial charge in [-0.1, -0.05) is 65.1 Å². The van der Waals surface area contributed by atoms with Gasteiger partial charge < -0.3 is 10.2 Å². The Kier molecular flexibility index (Phi) is 7.28. The standard InChI is InChI=1S/C32H30N4O4S2/c1-18-8-12-23(13-9-18)36-29(38)26-25(20-10-14-22(15-11-20)34(3)4)28-31(41-27(26)30(36)39)35(32(40)42-28)17-24(37)33-21-7-5-6-19(2)16-21/h5-16,25-27H,17H2,1-4H3,(H,33,37)/t25-,26?,27?/m1/s1. The first-order valence-corrected chi connectivity index (χ1v) is 15.3. The van der Waals surface area contributed by atoms with E-state index in [2.05, 4.69) is 5.32 Å². The van der Waals surface area contributed by atoms with E-state index in [-0.39, 0.29) is 29.1 Å². The number of rotatable bonds is 6. The molecule has 3 atom stereocenters. The van der Waals surface area contributed by atoms with E-state index >= 15 is 0 Å². The Morgan fingerprint density at radius 1 is 0.905 bits per heavy atom. The fourth-order valence-corrected chi connectivity index (χ4v) is 8.38. The molecule has 10 heteroatoms. The van der Waals surface area contributed by atoms with Gasteiger partial charge in [0.2, 0.25) is 17.7 Å². The third-order valence-electron chi connectivity index (χ3n) is 7.71. The molecule has 4 aromatic rings. The molecule has 1 N–H and O–H groups in total. The van der Waals surface area contributed by atoms with Crippen LogP contribution in [-0.2, 0) is 20.9 Å². The number of nitrogens with zero attached hydrogens (tertiary/aromatic N) is 3. The number of carbonyl (C=O) groups excluding carboxylic acids is 3. The van der Waals surface area contributed by atoms with Crippen molar-refractivity contribution in [3.05, 3.63) is 104 Å². The molecule has 3 heterocycles. The van der Waals surface area contributed by atoms with E-state index in [1.54, 1.807) is 18.2 Å². The fourth-order valence-electron chi connectivity index (χ4n) is 5.61. The van der Waals surface area contributed by atoms with E-state index in [1.807, 2.05) is 87.4 Å². The molecular weight excluding hydrogens is 569 g/mol. The van der Waals surface area contributed by atoms with Crippen molar-refractivity contribution in [3.8, 4) is 0 Å². The predicted molar refractivity (Wildman–Crippen MR) is 168 cm³/mol. The van der Waals surface area contributed by atoms with Crippen molar-refractivity contribution in [1.29, 1.82) is 0 Å². The maximum atomic E-state index is 14.0. The lowest BCUT2D eigenvalue weighted by Gasteiger charge is -2.31. The fraction of sp³-hybridized carbons (Fsp3) is 0.250. The molecule has 6 rings (SSSR count). The van der Waals surface area contributed by atoms with Gasteiger partial charge in [0.25, 0.3) is 0 Å². The zero-order chi connectivity index (χ0) is 29.7. The lowest BCUT2D eigenvalue weighted by molar-refractivity contribution is -0.122. The summed E-state index contributed by atoms with van der Waals surface area (Å²) in [6, 6.07) is 22.6. The van der Waals surface area contributed by atoms with Crippen LogP contribution in [0.2, 0.25) is 0 Å². The number of aromatic nitrogens is 1. The van der Waals surface area contributed by atoms with Crippen molar-refractivity contribution >= 4 is 57.9 Å². The highest BCUT2D eigenvalue weighted by Gasteiger charge is 2.56. The van der Waals surface area contributed by atoms with Gasteiger partial charge >= 0.3 is 4.87 Å². The van der Waals surface area contributed by atoms with Gasteiger partial charge in [0, 0.05) is 36.3 Å². The summed E-state index contributed by atoms with van der Waals surface area (Å²) < 4.78 is 1.44. The molecule has 3 amide bonds. The number of thiazole rings is 1. The summed E-state index contributed by atoms with van der Waals surface area (Å²) >= 11 is 2.27. The maximum Gasteiger partial charge on any atom is 0.308 e. The second-order valence-electron chi connectivity index (χ2n) is 10.9. The summed E-state index contributed by atoms with van der Waals surface area (Å²) in [6.07, 6.45) is 0. The summed E-state index contributed by atoms with van der Waals surface area (Å²) in [4.78, 5) is 58.1. The zero-order valence-electron chi connectivity index (χ0n) is 23.7. The average molecular weight is 599 g/mol. The van der Waals surface area contributed by atoms with Crippen LogP contribution in [0.3, 0.4) is 0 Å². The number of aryl methyl sites for hydroxylation is 2. The van der Waals surface area contributed by atoms with Crippen molar-refractivity contribution in [2.75, 3.05) is 29.2 Å². The van der Waals surface area contributed by atoms with Crippen LogP contribution in [0.15, 0.2) is 82.6 Å². The van der Waals surface area contributed by atoms with Gasteiger partial charge in [-0.05, 0) is 61.4 Å². The van der Waals surface area contributed by atoms with Gasteiger partial charge in [0.1, 0.15) is 11.8 Å². The molecule has 0 radical (unpaired) electrons. The molecule has 2 aliphatic heterocycles. The van der Waals surface area contributed by atoms with Gasteiger partial charge in [0.15, 0.2) is 0 Å². The monoisotopic (exact) mass is 598 g/mol. The third kappa shape index (κ3) is 4.94. The SMILES string of the molecule is Cc1ccc(N2C(=O)C3Sc4c(sc(=O)n4CC(=O)Nc4cccc(C)c4)[C@H](c4ccc(N(C)C)cc4)C3C2=O)cc1. The van der Waals surface area contributed by atoms with E-state index in [1.165, 1.54) is 21.2 Å². The molecule has 0 saturated carbocycles. The maximum absolute atomic E-state index is 14.0. The Morgan fingerprint density at radius 3 is 2.29 bits per heavy atom. The van der Waals surface area contributed by atoms with Crippen LogP contribution in [0.25, 0.3) is 0 Å². The molecular formula is C32H30N4O4S2. The number of amides is 3. The first kappa shape index (κ1) is 28.0. The summed E-state index contributed by atoms with van der Waals surface area (Å²) in [5, 5.41) is 2.71.